The second-order valence-electron chi connectivity index (χ2n) is 7.82. The van der Waals surface area contributed by atoms with E-state index in [0.717, 1.165) is 27.6 Å². The zero-order chi connectivity index (χ0) is 21.1. The fourth-order valence-corrected chi connectivity index (χ4v) is 4.04. The summed E-state index contributed by atoms with van der Waals surface area (Å²) >= 11 is 0. The third-order valence-corrected chi connectivity index (χ3v) is 5.42. The van der Waals surface area contributed by atoms with E-state index in [1.807, 2.05) is 60.0 Å². The summed E-state index contributed by atoms with van der Waals surface area (Å²) in [6.45, 7) is 5.83. The number of benzene rings is 3. The van der Waals surface area contributed by atoms with Gasteiger partial charge in [-0.05, 0) is 36.6 Å². The number of carbonyl (C=O) groups is 1. The predicted molar refractivity (Wildman–Crippen MR) is 121 cm³/mol. The molecule has 4 nitrogen and oxygen atoms in total. The zero-order valence-electron chi connectivity index (χ0n) is 17.4. The monoisotopic (exact) mass is 398 g/mol. The molecule has 0 aliphatic carbocycles. The molecule has 0 radical (unpaired) electrons. The van der Waals surface area contributed by atoms with Crippen molar-refractivity contribution in [2.75, 3.05) is 0 Å². The maximum absolute atomic E-state index is 12.3. The van der Waals surface area contributed by atoms with Crippen molar-refractivity contribution in [3.8, 4) is 0 Å². The van der Waals surface area contributed by atoms with Gasteiger partial charge in [-0.25, -0.2) is 4.79 Å². The molecule has 0 spiro atoms. The average Bonchev–Trinajstić information content (AvgIpc) is 3.02. The van der Waals surface area contributed by atoms with Crippen LogP contribution in [0.15, 0.2) is 72.8 Å². The highest BCUT2D eigenvalue weighted by Crippen LogP contribution is 2.28. The summed E-state index contributed by atoms with van der Waals surface area (Å²) in [7, 11) is 0. The molecule has 0 fully saturated rings. The Kier molecular flexibility index (Phi) is 5.68. The number of carboxylic acid groups (broad SMARTS) is 1. The van der Waals surface area contributed by atoms with Crippen LogP contribution in [0.3, 0.4) is 0 Å². The molecule has 0 unspecified atom stereocenters. The quantitative estimate of drug-likeness (QED) is 0.444. The molecule has 0 saturated heterocycles. The fraction of sp³-hybridized carbons (Fsp3) is 0.192. The Hall–Kier alpha value is -3.37. The van der Waals surface area contributed by atoms with E-state index in [1.54, 1.807) is 0 Å². The molecule has 0 amide bonds. The molecule has 152 valence electrons. The van der Waals surface area contributed by atoms with E-state index < -0.39 is 5.97 Å². The minimum Gasteiger partial charge on any atom is -0.477 e. The van der Waals surface area contributed by atoms with Gasteiger partial charge in [-0.15, -0.1) is 0 Å². The number of nitrogens with zero attached hydrogens (tertiary/aromatic N) is 1. The average molecular weight is 399 g/mol. The Balaban J connectivity index is 1.72. The number of aryl methyl sites for hydroxylation is 2. The van der Waals surface area contributed by atoms with Crippen LogP contribution in [0.4, 0.5) is 0 Å². The molecule has 30 heavy (non-hydrogen) atoms. The van der Waals surface area contributed by atoms with E-state index in [-0.39, 0.29) is 0 Å². The summed E-state index contributed by atoms with van der Waals surface area (Å²) in [6, 6.07) is 24.5. The lowest BCUT2D eigenvalue weighted by atomic mass is 10.1. The van der Waals surface area contributed by atoms with Crippen molar-refractivity contribution in [1.82, 2.24) is 9.88 Å². The molecule has 0 aliphatic heterocycles. The molecular weight excluding hydrogens is 372 g/mol. The highest BCUT2D eigenvalue weighted by Gasteiger charge is 2.22. The van der Waals surface area contributed by atoms with Crippen LogP contribution in [-0.4, -0.2) is 15.6 Å². The largest absolute Gasteiger partial charge is 0.477 e. The van der Waals surface area contributed by atoms with E-state index in [4.69, 9.17) is 0 Å². The third-order valence-electron chi connectivity index (χ3n) is 5.42. The van der Waals surface area contributed by atoms with Crippen molar-refractivity contribution in [1.29, 1.82) is 0 Å². The molecule has 0 atom stereocenters. The summed E-state index contributed by atoms with van der Waals surface area (Å²) in [6.07, 6.45) is 0. The number of carboxylic acids is 1. The summed E-state index contributed by atoms with van der Waals surface area (Å²) < 4.78 is 1.93. The van der Waals surface area contributed by atoms with Crippen molar-refractivity contribution in [3.05, 3.63) is 106 Å². The van der Waals surface area contributed by atoms with Crippen molar-refractivity contribution in [2.24, 2.45) is 0 Å². The van der Waals surface area contributed by atoms with Gasteiger partial charge < -0.3 is 15.0 Å². The molecule has 2 N–H and O–H groups in total. The van der Waals surface area contributed by atoms with Gasteiger partial charge in [-0.2, -0.15) is 0 Å². The summed E-state index contributed by atoms with van der Waals surface area (Å²) in [5, 5.41) is 14.5. The van der Waals surface area contributed by atoms with Gasteiger partial charge in [0.05, 0.1) is 0 Å². The standard InChI is InChI=1S/C26H26N2O2/c1-18-7-6-10-21(13-18)15-27-16-23-22-12-11-19(2)14-24(22)28(25(23)26(29)30)17-20-8-4-3-5-9-20/h3-14,27H,15-17H2,1-2H3,(H,29,30). The molecule has 4 heteroatoms. The zero-order valence-corrected chi connectivity index (χ0v) is 17.4. The van der Waals surface area contributed by atoms with Crippen LogP contribution in [0.25, 0.3) is 10.9 Å². The number of aromatic carboxylic acids is 1. The van der Waals surface area contributed by atoms with Crippen molar-refractivity contribution < 1.29 is 9.90 Å². The van der Waals surface area contributed by atoms with Crippen LogP contribution in [0.2, 0.25) is 0 Å². The Morgan fingerprint density at radius 3 is 2.33 bits per heavy atom. The molecule has 4 aromatic rings. The van der Waals surface area contributed by atoms with Crippen LogP contribution in [0, 0.1) is 13.8 Å². The number of rotatable bonds is 7. The first-order chi connectivity index (χ1) is 14.5. The molecule has 0 aliphatic rings. The highest BCUT2D eigenvalue weighted by atomic mass is 16.4. The van der Waals surface area contributed by atoms with Gasteiger partial charge >= 0.3 is 5.97 Å². The minimum absolute atomic E-state index is 0.358. The van der Waals surface area contributed by atoms with Gasteiger partial charge in [0.15, 0.2) is 0 Å². The van der Waals surface area contributed by atoms with Crippen LogP contribution in [0.5, 0.6) is 0 Å². The van der Waals surface area contributed by atoms with Gasteiger partial charge in [-0.3, -0.25) is 0 Å². The molecule has 3 aromatic carbocycles. The van der Waals surface area contributed by atoms with Crippen LogP contribution in [-0.2, 0) is 19.6 Å². The van der Waals surface area contributed by atoms with Crippen molar-refractivity contribution in [2.45, 2.75) is 33.5 Å². The van der Waals surface area contributed by atoms with Crippen LogP contribution < -0.4 is 5.32 Å². The lowest BCUT2D eigenvalue weighted by Gasteiger charge is -2.10. The van der Waals surface area contributed by atoms with Gasteiger partial charge in [0.2, 0.25) is 0 Å². The highest BCUT2D eigenvalue weighted by molar-refractivity contribution is 5.98. The summed E-state index contributed by atoms with van der Waals surface area (Å²) in [4.78, 5) is 12.3. The Labute approximate surface area is 176 Å². The van der Waals surface area contributed by atoms with Crippen LogP contribution in [0.1, 0.15) is 38.3 Å². The number of hydrogen-bond acceptors (Lipinski definition) is 2. The summed E-state index contributed by atoms with van der Waals surface area (Å²) in [5.74, 6) is -0.896. The molecule has 0 bridgehead atoms. The molecule has 0 saturated carbocycles. The Morgan fingerprint density at radius 1 is 0.867 bits per heavy atom. The first kappa shape index (κ1) is 19.9. The third kappa shape index (κ3) is 4.14. The normalized spacial score (nSPS) is 11.1. The van der Waals surface area contributed by atoms with E-state index in [9.17, 15) is 9.90 Å². The Morgan fingerprint density at radius 2 is 1.60 bits per heavy atom. The maximum atomic E-state index is 12.3. The topological polar surface area (TPSA) is 54.3 Å². The molecule has 1 aromatic heterocycles. The van der Waals surface area contributed by atoms with Crippen molar-refractivity contribution >= 4 is 16.9 Å². The molecular formula is C26H26N2O2. The predicted octanol–water partition coefficient (Wildman–Crippen LogP) is 5.29. The second kappa shape index (κ2) is 8.56. The second-order valence-corrected chi connectivity index (χ2v) is 7.82. The van der Waals surface area contributed by atoms with Gasteiger partial charge in [-0.1, -0.05) is 72.3 Å². The molecule has 1 heterocycles. The number of hydrogen-bond donors (Lipinski definition) is 2. The van der Waals surface area contributed by atoms with E-state index >= 15 is 0 Å². The number of fused-ring (bicyclic) bond motifs is 1. The van der Waals surface area contributed by atoms with E-state index in [0.29, 0.717) is 25.3 Å². The smallest absolute Gasteiger partial charge is 0.352 e. The minimum atomic E-state index is -0.896. The first-order valence-electron chi connectivity index (χ1n) is 10.2. The lowest BCUT2D eigenvalue weighted by molar-refractivity contribution is 0.0685. The number of nitrogens with one attached hydrogen (secondary N) is 1. The molecule has 4 rings (SSSR count). The van der Waals surface area contributed by atoms with Gasteiger partial charge in [0.25, 0.3) is 0 Å². The fourth-order valence-electron chi connectivity index (χ4n) is 4.04. The van der Waals surface area contributed by atoms with Gasteiger partial charge in [0, 0.05) is 36.1 Å². The van der Waals surface area contributed by atoms with E-state index in [1.165, 1.54) is 11.1 Å². The SMILES string of the molecule is Cc1cccc(CNCc2c(C(=O)O)n(Cc3ccccc3)c3cc(C)ccc23)c1. The van der Waals surface area contributed by atoms with E-state index in [2.05, 4.69) is 36.5 Å². The Bertz CT molecular complexity index is 1190. The summed E-state index contributed by atoms with van der Waals surface area (Å²) in [5.41, 5.74) is 6.76. The number of aromatic nitrogens is 1. The van der Waals surface area contributed by atoms with Gasteiger partial charge in [0.1, 0.15) is 5.69 Å². The maximum Gasteiger partial charge on any atom is 0.352 e. The first-order valence-corrected chi connectivity index (χ1v) is 10.2. The van der Waals surface area contributed by atoms with Crippen molar-refractivity contribution in [3.63, 3.8) is 0 Å². The lowest BCUT2D eigenvalue weighted by Crippen LogP contribution is -2.17. The van der Waals surface area contributed by atoms with Crippen LogP contribution >= 0.6 is 0 Å².